The van der Waals surface area contributed by atoms with Crippen molar-refractivity contribution in [3.63, 3.8) is 0 Å². The molecule has 6 heteroatoms. The number of ether oxygens (including phenoxy) is 1. The van der Waals surface area contributed by atoms with E-state index < -0.39 is 5.97 Å². The lowest BCUT2D eigenvalue weighted by Gasteiger charge is -2.22. The molecule has 0 saturated carbocycles. The van der Waals surface area contributed by atoms with E-state index in [4.69, 9.17) is 9.84 Å². The average Bonchev–Trinajstić information content (AvgIpc) is 2.38. The first kappa shape index (κ1) is 18.7. The monoisotopic (exact) mass is 288 g/mol. The van der Waals surface area contributed by atoms with Gasteiger partial charge in [-0.3, -0.25) is 4.79 Å². The zero-order chi connectivity index (χ0) is 15.5. The third-order valence-corrected chi connectivity index (χ3v) is 3.14. The summed E-state index contributed by atoms with van der Waals surface area (Å²) in [5.41, 5.74) is 0. The summed E-state index contributed by atoms with van der Waals surface area (Å²) in [5.74, 6) is -0.883. The van der Waals surface area contributed by atoms with Crippen molar-refractivity contribution in [3.8, 4) is 0 Å². The molecule has 0 aliphatic carbocycles. The molecule has 0 aliphatic rings. The number of nitrogens with one attached hydrogen (secondary N) is 2. The Hall–Kier alpha value is -1.30. The second-order valence-electron chi connectivity index (χ2n) is 5.29. The van der Waals surface area contributed by atoms with Gasteiger partial charge in [0.25, 0.3) is 0 Å². The van der Waals surface area contributed by atoms with Crippen LogP contribution in [0.2, 0.25) is 0 Å². The van der Waals surface area contributed by atoms with E-state index in [9.17, 15) is 9.59 Å². The Morgan fingerprint density at radius 1 is 1.25 bits per heavy atom. The highest BCUT2D eigenvalue weighted by molar-refractivity contribution is 5.74. The van der Waals surface area contributed by atoms with E-state index in [1.54, 1.807) is 6.92 Å². The molecular weight excluding hydrogens is 260 g/mol. The van der Waals surface area contributed by atoms with Gasteiger partial charge in [-0.25, -0.2) is 4.79 Å². The fourth-order valence-corrected chi connectivity index (χ4v) is 1.60. The number of urea groups is 1. The lowest BCUT2D eigenvalue weighted by Crippen LogP contribution is -2.47. The molecule has 2 unspecified atom stereocenters. The van der Waals surface area contributed by atoms with Crippen LogP contribution in [0.25, 0.3) is 0 Å². The summed E-state index contributed by atoms with van der Waals surface area (Å²) >= 11 is 0. The van der Waals surface area contributed by atoms with Crippen molar-refractivity contribution in [1.29, 1.82) is 0 Å². The van der Waals surface area contributed by atoms with E-state index in [2.05, 4.69) is 10.6 Å². The summed E-state index contributed by atoms with van der Waals surface area (Å²) < 4.78 is 5.33. The summed E-state index contributed by atoms with van der Waals surface area (Å²) in [5, 5.41) is 14.4. The zero-order valence-corrected chi connectivity index (χ0v) is 12.9. The fraction of sp³-hybridized carbons (Fsp3) is 0.857. The molecule has 0 spiro atoms. The topological polar surface area (TPSA) is 87.7 Å². The van der Waals surface area contributed by atoms with Crippen LogP contribution in [0.15, 0.2) is 0 Å². The molecule has 3 N–H and O–H groups in total. The molecule has 2 atom stereocenters. The Bertz CT molecular complexity index is 295. The van der Waals surface area contributed by atoms with Gasteiger partial charge in [0.1, 0.15) is 0 Å². The zero-order valence-electron chi connectivity index (χ0n) is 12.9. The first-order valence-electron chi connectivity index (χ1n) is 7.23. The van der Waals surface area contributed by atoms with Gasteiger partial charge in [0.05, 0.1) is 18.6 Å². The van der Waals surface area contributed by atoms with E-state index in [-0.39, 0.29) is 18.0 Å². The van der Waals surface area contributed by atoms with Gasteiger partial charge in [-0.05, 0) is 25.7 Å². The van der Waals surface area contributed by atoms with Crippen LogP contribution in [0.5, 0.6) is 0 Å². The first-order valence-corrected chi connectivity index (χ1v) is 7.23. The van der Waals surface area contributed by atoms with Crippen molar-refractivity contribution >= 4 is 12.0 Å². The number of aliphatic carboxylic acids is 1. The molecule has 20 heavy (non-hydrogen) atoms. The first-order chi connectivity index (χ1) is 9.38. The molecular formula is C14H28N2O4. The molecule has 0 aliphatic heterocycles. The number of carbonyl (C=O) groups is 2. The predicted molar refractivity (Wildman–Crippen MR) is 77.7 cm³/mol. The molecule has 0 rings (SSSR count). The van der Waals surface area contributed by atoms with E-state index in [1.165, 1.54) is 0 Å². The van der Waals surface area contributed by atoms with Crippen molar-refractivity contribution in [2.75, 3.05) is 19.8 Å². The summed E-state index contributed by atoms with van der Waals surface area (Å²) in [6.45, 7) is 9.23. The van der Waals surface area contributed by atoms with Crippen LogP contribution in [0.4, 0.5) is 4.79 Å². The van der Waals surface area contributed by atoms with Crippen LogP contribution in [-0.2, 0) is 9.53 Å². The molecule has 0 heterocycles. The van der Waals surface area contributed by atoms with Gasteiger partial charge >= 0.3 is 12.0 Å². The van der Waals surface area contributed by atoms with Crippen molar-refractivity contribution in [3.05, 3.63) is 0 Å². The maximum Gasteiger partial charge on any atom is 0.315 e. The molecule has 0 radical (unpaired) electrons. The van der Waals surface area contributed by atoms with Gasteiger partial charge in [-0.1, -0.05) is 20.8 Å². The minimum atomic E-state index is -0.800. The molecule has 0 fully saturated rings. The maximum absolute atomic E-state index is 11.7. The van der Waals surface area contributed by atoms with Crippen LogP contribution < -0.4 is 10.6 Å². The van der Waals surface area contributed by atoms with Crippen LogP contribution in [0.1, 0.15) is 40.5 Å². The van der Waals surface area contributed by atoms with Gasteiger partial charge in [0.15, 0.2) is 0 Å². The second kappa shape index (κ2) is 10.5. The predicted octanol–water partition coefficient (Wildman–Crippen LogP) is 1.85. The Balaban J connectivity index is 3.87. The number of amides is 2. The smallest absolute Gasteiger partial charge is 0.315 e. The highest BCUT2D eigenvalue weighted by Crippen LogP contribution is 2.04. The van der Waals surface area contributed by atoms with Crippen LogP contribution in [-0.4, -0.2) is 42.9 Å². The van der Waals surface area contributed by atoms with Gasteiger partial charge in [-0.15, -0.1) is 0 Å². The standard InChI is InChI=1S/C14H28N2O4/c1-5-20-9-12(10(2)3)16-14(19)15-8-6-7-11(4)13(17)18/h10-12H,5-9H2,1-4H3,(H,17,18)(H2,15,16,19). The summed E-state index contributed by atoms with van der Waals surface area (Å²) in [4.78, 5) is 22.3. The highest BCUT2D eigenvalue weighted by Gasteiger charge is 2.16. The van der Waals surface area contributed by atoms with E-state index in [1.807, 2.05) is 20.8 Å². The van der Waals surface area contributed by atoms with E-state index >= 15 is 0 Å². The Kier molecular flexibility index (Phi) is 9.80. The van der Waals surface area contributed by atoms with E-state index in [0.29, 0.717) is 38.5 Å². The van der Waals surface area contributed by atoms with Crippen molar-refractivity contribution in [2.45, 2.75) is 46.6 Å². The van der Waals surface area contributed by atoms with Gasteiger partial charge in [0.2, 0.25) is 0 Å². The minimum Gasteiger partial charge on any atom is -0.481 e. The Labute approximate surface area is 121 Å². The Morgan fingerprint density at radius 2 is 1.90 bits per heavy atom. The lowest BCUT2D eigenvalue weighted by atomic mass is 10.1. The molecule has 6 nitrogen and oxygen atoms in total. The number of hydrogen-bond donors (Lipinski definition) is 3. The number of hydrogen-bond acceptors (Lipinski definition) is 3. The Morgan fingerprint density at radius 3 is 2.40 bits per heavy atom. The van der Waals surface area contributed by atoms with Gasteiger partial charge in [0, 0.05) is 13.2 Å². The molecule has 0 aromatic carbocycles. The quantitative estimate of drug-likeness (QED) is 0.535. The average molecular weight is 288 g/mol. The van der Waals surface area contributed by atoms with Crippen LogP contribution in [0.3, 0.4) is 0 Å². The van der Waals surface area contributed by atoms with Gasteiger partial charge < -0.3 is 20.5 Å². The lowest BCUT2D eigenvalue weighted by molar-refractivity contribution is -0.141. The number of carbonyl (C=O) groups excluding carboxylic acids is 1. The molecule has 2 amide bonds. The minimum absolute atomic E-state index is 0.0205. The maximum atomic E-state index is 11.7. The summed E-state index contributed by atoms with van der Waals surface area (Å²) in [7, 11) is 0. The third kappa shape index (κ3) is 8.74. The van der Waals surface area contributed by atoms with E-state index in [0.717, 1.165) is 0 Å². The van der Waals surface area contributed by atoms with Crippen molar-refractivity contribution < 1.29 is 19.4 Å². The largest absolute Gasteiger partial charge is 0.481 e. The fourth-order valence-electron chi connectivity index (χ4n) is 1.60. The number of carboxylic acids is 1. The molecule has 0 bridgehead atoms. The summed E-state index contributed by atoms with van der Waals surface area (Å²) in [6, 6.07) is -0.251. The normalized spacial score (nSPS) is 13.8. The SMILES string of the molecule is CCOCC(NC(=O)NCCCC(C)C(=O)O)C(C)C. The third-order valence-electron chi connectivity index (χ3n) is 3.14. The highest BCUT2D eigenvalue weighted by atomic mass is 16.5. The number of rotatable bonds is 10. The second-order valence-corrected chi connectivity index (χ2v) is 5.29. The van der Waals surface area contributed by atoms with Gasteiger partial charge in [-0.2, -0.15) is 0 Å². The van der Waals surface area contributed by atoms with Crippen molar-refractivity contribution in [1.82, 2.24) is 10.6 Å². The van der Waals surface area contributed by atoms with Crippen LogP contribution in [0, 0.1) is 11.8 Å². The molecule has 0 saturated heterocycles. The summed E-state index contributed by atoms with van der Waals surface area (Å²) in [6.07, 6.45) is 1.21. The molecule has 0 aromatic heterocycles. The molecule has 118 valence electrons. The van der Waals surface area contributed by atoms with Crippen molar-refractivity contribution in [2.24, 2.45) is 11.8 Å². The molecule has 0 aromatic rings. The number of carboxylic acid groups (broad SMARTS) is 1. The van der Waals surface area contributed by atoms with Crippen LogP contribution >= 0.6 is 0 Å².